The lowest BCUT2D eigenvalue weighted by atomic mass is 10.1. The molecule has 0 heterocycles. The van der Waals surface area contributed by atoms with E-state index in [1.807, 2.05) is 6.07 Å². The summed E-state index contributed by atoms with van der Waals surface area (Å²) >= 11 is 3.57. The Hall–Kier alpha value is -1.16. The molecule has 2 aromatic rings. The van der Waals surface area contributed by atoms with E-state index in [-0.39, 0.29) is 0 Å². The first-order valence-corrected chi connectivity index (χ1v) is 7.31. The van der Waals surface area contributed by atoms with E-state index < -0.39 is 0 Å². The van der Waals surface area contributed by atoms with Crippen LogP contribution in [0.1, 0.15) is 16.7 Å². The van der Waals surface area contributed by atoms with Gasteiger partial charge in [-0.05, 0) is 35.7 Å². The van der Waals surface area contributed by atoms with Crippen LogP contribution in [0.3, 0.4) is 0 Å². The van der Waals surface area contributed by atoms with Crippen LogP contribution in [0.15, 0.2) is 53.0 Å². The van der Waals surface area contributed by atoms with E-state index in [0.29, 0.717) is 6.54 Å². The minimum absolute atomic E-state index is 0.607. The highest BCUT2D eigenvalue weighted by Gasteiger charge is 1.98. The van der Waals surface area contributed by atoms with E-state index >= 15 is 0 Å². The highest BCUT2D eigenvalue weighted by atomic mass is 79.9. The zero-order chi connectivity index (χ0) is 13.5. The number of nitrogens with two attached hydrogens (primary N) is 1. The molecule has 0 radical (unpaired) electrons. The molecule has 3 N–H and O–H groups in total. The van der Waals surface area contributed by atoms with Gasteiger partial charge in [0.1, 0.15) is 0 Å². The van der Waals surface area contributed by atoms with Gasteiger partial charge in [0.05, 0.1) is 0 Å². The highest BCUT2D eigenvalue weighted by molar-refractivity contribution is 9.10. The highest BCUT2D eigenvalue weighted by Crippen LogP contribution is 2.15. The average molecular weight is 319 g/mol. The molecule has 0 saturated carbocycles. The van der Waals surface area contributed by atoms with Gasteiger partial charge in [0.25, 0.3) is 0 Å². The zero-order valence-corrected chi connectivity index (χ0v) is 12.5. The van der Waals surface area contributed by atoms with Gasteiger partial charge in [-0.15, -0.1) is 0 Å². The summed E-state index contributed by atoms with van der Waals surface area (Å²) < 4.78 is 1.18. The van der Waals surface area contributed by atoms with Crippen LogP contribution in [0, 0.1) is 0 Å². The second kappa shape index (κ2) is 7.43. The Morgan fingerprint density at radius 1 is 0.947 bits per heavy atom. The standard InChI is InChI=1S/C16H19BrN2/c17-16-4-2-1-3-15(16)9-10-19-12-14-7-5-13(11-18)6-8-14/h1-8,19H,9-12,18H2. The van der Waals surface area contributed by atoms with Crippen LogP contribution in [0.2, 0.25) is 0 Å². The molecule has 3 heteroatoms. The minimum atomic E-state index is 0.607. The maximum absolute atomic E-state index is 5.58. The Morgan fingerprint density at radius 2 is 1.63 bits per heavy atom. The van der Waals surface area contributed by atoms with Gasteiger partial charge in [-0.1, -0.05) is 58.4 Å². The summed E-state index contributed by atoms with van der Waals surface area (Å²) in [6.07, 6.45) is 1.03. The van der Waals surface area contributed by atoms with Crippen molar-refractivity contribution in [2.24, 2.45) is 5.73 Å². The fourth-order valence-corrected chi connectivity index (χ4v) is 2.43. The molecule has 100 valence electrons. The molecule has 0 aromatic heterocycles. The van der Waals surface area contributed by atoms with Crippen LogP contribution >= 0.6 is 15.9 Å². The van der Waals surface area contributed by atoms with Crippen molar-refractivity contribution < 1.29 is 0 Å². The predicted molar refractivity (Wildman–Crippen MR) is 83.9 cm³/mol. The molecule has 0 saturated heterocycles. The van der Waals surface area contributed by atoms with Crippen LogP contribution in [-0.4, -0.2) is 6.54 Å². The molecule has 0 spiro atoms. The van der Waals surface area contributed by atoms with E-state index in [9.17, 15) is 0 Å². The number of rotatable bonds is 6. The maximum atomic E-state index is 5.58. The largest absolute Gasteiger partial charge is 0.326 e. The van der Waals surface area contributed by atoms with Crippen molar-refractivity contribution in [1.82, 2.24) is 5.32 Å². The molecule has 0 amide bonds. The lowest BCUT2D eigenvalue weighted by Gasteiger charge is -2.07. The molecule has 2 rings (SSSR count). The van der Waals surface area contributed by atoms with Crippen molar-refractivity contribution >= 4 is 15.9 Å². The van der Waals surface area contributed by atoms with E-state index in [4.69, 9.17) is 5.73 Å². The summed E-state index contributed by atoms with van der Waals surface area (Å²) in [5.74, 6) is 0. The normalized spacial score (nSPS) is 10.6. The van der Waals surface area contributed by atoms with Crippen LogP contribution < -0.4 is 11.1 Å². The van der Waals surface area contributed by atoms with Crippen molar-refractivity contribution in [3.05, 3.63) is 69.7 Å². The van der Waals surface area contributed by atoms with Gasteiger partial charge in [-0.25, -0.2) is 0 Å². The number of hydrogen-bond acceptors (Lipinski definition) is 2. The second-order valence-electron chi connectivity index (χ2n) is 4.54. The van der Waals surface area contributed by atoms with E-state index in [1.165, 1.54) is 21.2 Å². The quantitative estimate of drug-likeness (QED) is 0.802. The number of benzene rings is 2. The molecule has 19 heavy (non-hydrogen) atoms. The first kappa shape index (κ1) is 14.3. The molecule has 0 aliphatic heterocycles. The second-order valence-corrected chi connectivity index (χ2v) is 5.39. The summed E-state index contributed by atoms with van der Waals surface area (Å²) in [5, 5.41) is 3.46. The van der Waals surface area contributed by atoms with Crippen molar-refractivity contribution in [3.8, 4) is 0 Å². The summed E-state index contributed by atoms with van der Waals surface area (Å²) in [4.78, 5) is 0. The monoisotopic (exact) mass is 318 g/mol. The summed E-state index contributed by atoms with van der Waals surface area (Å²) in [6.45, 7) is 2.48. The van der Waals surface area contributed by atoms with Crippen LogP contribution in [0.4, 0.5) is 0 Å². The van der Waals surface area contributed by atoms with Gasteiger partial charge in [0.15, 0.2) is 0 Å². The van der Waals surface area contributed by atoms with Crippen LogP contribution in [0.25, 0.3) is 0 Å². The van der Waals surface area contributed by atoms with Crippen LogP contribution in [0.5, 0.6) is 0 Å². The lowest BCUT2D eigenvalue weighted by molar-refractivity contribution is 0.686. The summed E-state index contributed by atoms with van der Waals surface area (Å²) in [5.41, 5.74) is 9.39. The Balaban J connectivity index is 1.76. The predicted octanol–water partition coefficient (Wildman–Crippen LogP) is 3.24. The lowest BCUT2D eigenvalue weighted by Crippen LogP contribution is -2.16. The zero-order valence-electron chi connectivity index (χ0n) is 10.9. The van der Waals surface area contributed by atoms with Gasteiger partial charge < -0.3 is 11.1 Å². The van der Waals surface area contributed by atoms with Gasteiger partial charge in [-0.2, -0.15) is 0 Å². The minimum Gasteiger partial charge on any atom is -0.326 e. The average Bonchev–Trinajstić information content (AvgIpc) is 2.46. The Morgan fingerprint density at radius 3 is 2.32 bits per heavy atom. The number of hydrogen-bond donors (Lipinski definition) is 2. The van der Waals surface area contributed by atoms with Gasteiger partial charge in [-0.3, -0.25) is 0 Å². The molecule has 2 nitrogen and oxygen atoms in total. The smallest absolute Gasteiger partial charge is 0.0207 e. The van der Waals surface area contributed by atoms with Crippen molar-refractivity contribution in [2.75, 3.05) is 6.54 Å². The third-order valence-corrected chi connectivity index (χ3v) is 3.89. The first-order valence-electron chi connectivity index (χ1n) is 6.51. The first-order chi connectivity index (χ1) is 9.29. The summed E-state index contributed by atoms with van der Waals surface area (Å²) in [7, 11) is 0. The molecule has 0 unspecified atom stereocenters. The van der Waals surface area contributed by atoms with Gasteiger partial charge >= 0.3 is 0 Å². The molecular weight excluding hydrogens is 300 g/mol. The third kappa shape index (κ3) is 4.46. The van der Waals surface area contributed by atoms with Crippen molar-refractivity contribution in [1.29, 1.82) is 0 Å². The van der Waals surface area contributed by atoms with Crippen molar-refractivity contribution in [3.63, 3.8) is 0 Å². The fraction of sp³-hybridized carbons (Fsp3) is 0.250. The Labute approximate surface area is 123 Å². The van der Waals surface area contributed by atoms with E-state index in [0.717, 1.165) is 19.5 Å². The molecule has 0 fully saturated rings. The third-order valence-electron chi connectivity index (χ3n) is 3.12. The van der Waals surface area contributed by atoms with E-state index in [1.54, 1.807) is 0 Å². The number of halogens is 1. The summed E-state index contributed by atoms with van der Waals surface area (Å²) in [6, 6.07) is 16.8. The van der Waals surface area contributed by atoms with Crippen molar-refractivity contribution in [2.45, 2.75) is 19.5 Å². The molecule has 0 aliphatic carbocycles. The topological polar surface area (TPSA) is 38.0 Å². The molecule has 0 aliphatic rings. The van der Waals surface area contributed by atoms with Crippen LogP contribution in [-0.2, 0) is 19.5 Å². The molecule has 0 bridgehead atoms. The Bertz CT molecular complexity index is 508. The Kier molecular flexibility index (Phi) is 5.58. The molecule has 0 atom stereocenters. The maximum Gasteiger partial charge on any atom is 0.0207 e. The fourth-order valence-electron chi connectivity index (χ4n) is 1.95. The van der Waals surface area contributed by atoms with Gasteiger partial charge in [0.2, 0.25) is 0 Å². The molecule has 2 aromatic carbocycles. The SMILES string of the molecule is NCc1ccc(CNCCc2ccccc2Br)cc1. The van der Waals surface area contributed by atoms with Gasteiger partial charge in [0, 0.05) is 17.6 Å². The number of nitrogens with one attached hydrogen (secondary N) is 1. The van der Waals surface area contributed by atoms with E-state index in [2.05, 4.69) is 63.7 Å². The molecular formula is C16H19BrN2.